The Hall–Kier alpha value is -0.130. The van der Waals surface area contributed by atoms with E-state index in [1.54, 1.807) is 0 Å². The van der Waals surface area contributed by atoms with Crippen molar-refractivity contribution in [1.82, 2.24) is 9.55 Å². The van der Waals surface area contributed by atoms with E-state index in [0.717, 1.165) is 17.5 Å². The maximum absolute atomic E-state index is 6.33. The lowest BCUT2D eigenvalue weighted by atomic mass is 10.1. The van der Waals surface area contributed by atoms with Crippen LogP contribution in [0.3, 0.4) is 0 Å². The van der Waals surface area contributed by atoms with Crippen molar-refractivity contribution in [2.75, 3.05) is 5.75 Å². The van der Waals surface area contributed by atoms with Crippen molar-refractivity contribution in [2.45, 2.75) is 42.1 Å². The van der Waals surface area contributed by atoms with E-state index in [0.29, 0.717) is 10.5 Å². The summed E-state index contributed by atoms with van der Waals surface area (Å²) in [5.74, 6) is 2.26. The molecule has 0 saturated carbocycles. The Kier molecular flexibility index (Phi) is 4.44. The molecule has 96 valence electrons. The van der Waals surface area contributed by atoms with Crippen LogP contribution in [0, 0.1) is 0 Å². The maximum Gasteiger partial charge on any atom is 0.109 e. The zero-order valence-electron chi connectivity index (χ0n) is 10.7. The smallest absolute Gasteiger partial charge is 0.109 e. The van der Waals surface area contributed by atoms with E-state index in [1.807, 2.05) is 31.2 Å². The molecular weight excluding hydrogens is 250 g/mol. The molecule has 1 fully saturated rings. The molecule has 4 atom stereocenters. The number of rotatable bonds is 3. The number of imidazole rings is 1. The monoisotopic (exact) mass is 271 g/mol. The Balaban J connectivity index is 1.92. The van der Waals surface area contributed by atoms with Crippen LogP contribution < -0.4 is 5.73 Å². The molecule has 0 bridgehead atoms. The molecular formula is C12H21N3S2. The van der Waals surface area contributed by atoms with Gasteiger partial charge < -0.3 is 10.3 Å². The fourth-order valence-electron chi connectivity index (χ4n) is 1.97. The second-order valence-electron chi connectivity index (χ2n) is 4.74. The topological polar surface area (TPSA) is 43.8 Å². The van der Waals surface area contributed by atoms with Gasteiger partial charge in [0, 0.05) is 53.4 Å². The number of nitrogens with two attached hydrogens (primary N) is 1. The van der Waals surface area contributed by atoms with E-state index in [2.05, 4.69) is 35.2 Å². The van der Waals surface area contributed by atoms with Crippen molar-refractivity contribution in [3.05, 3.63) is 18.2 Å². The normalized spacial score (nSPS) is 31.4. The fraction of sp³-hybridized carbons (Fsp3) is 0.750. The van der Waals surface area contributed by atoms with E-state index < -0.39 is 0 Å². The predicted molar refractivity (Wildman–Crippen MR) is 77.6 cm³/mol. The van der Waals surface area contributed by atoms with Crippen molar-refractivity contribution in [2.24, 2.45) is 12.8 Å². The van der Waals surface area contributed by atoms with Gasteiger partial charge >= 0.3 is 0 Å². The Bertz CT molecular complexity index is 366. The van der Waals surface area contributed by atoms with Crippen LogP contribution >= 0.6 is 23.5 Å². The van der Waals surface area contributed by atoms with Crippen LogP contribution in [-0.4, -0.2) is 37.1 Å². The molecule has 2 rings (SSSR count). The Morgan fingerprint density at radius 3 is 2.88 bits per heavy atom. The zero-order valence-corrected chi connectivity index (χ0v) is 12.3. The third-order valence-electron chi connectivity index (χ3n) is 3.39. The van der Waals surface area contributed by atoms with Crippen molar-refractivity contribution >= 4 is 23.5 Å². The fourth-order valence-corrected chi connectivity index (χ4v) is 5.03. The van der Waals surface area contributed by atoms with E-state index in [-0.39, 0.29) is 6.04 Å². The first-order chi connectivity index (χ1) is 8.08. The molecule has 4 unspecified atom stereocenters. The number of aromatic nitrogens is 2. The third kappa shape index (κ3) is 3.20. The molecule has 1 saturated heterocycles. The first kappa shape index (κ1) is 13.3. The van der Waals surface area contributed by atoms with Gasteiger partial charge in [-0.3, -0.25) is 0 Å². The van der Waals surface area contributed by atoms with Crippen molar-refractivity contribution in [3.63, 3.8) is 0 Å². The van der Waals surface area contributed by atoms with Crippen LogP contribution in [0.1, 0.15) is 19.7 Å². The van der Waals surface area contributed by atoms with Gasteiger partial charge in [-0.1, -0.05) is 13.8 Å². The largest absolute Gasteiger partial charge is 0.338 e. The van der Waals surface area contributed by atoms with Gasteiger partial charge in [0.1, 0.15) is 5.82 Å². The lowest BCUT2D eigenvalue weighted by Crippen LogP contribution is -2.41. The summed E-state index contributed by atoms with van der Waals surface area (Å²) in [4.78, 5) is 4.35. The van der Waals surface area contributed by atoms with Gasteiger partial charge in [-0.15, -0.1) is 0 Å². The highest BCUT2D eigenvalue weighted by Gasteiger charge is 2.30. The molecule has 1 aliphatic heterocycles. The Morgan fingerprint density at radius 2 is 2.29 bits per heavy atom. The van der Waals surface area contributed by atoms with E-state index in [9.17, 15) is 0 Å². The number of nitrogens with zero attached hydrogens (tertiary/aromatic N) is 2. The predicted octanol–water partition coefficient (Wildman–Crippen LogP) is 1.92. The van der Waals surface area contributed by atoms with Gasteiger partial charge in [-0.05, 0) is 0 Å². The average molecular weight is 271 g/mol. The summed E-state index contributed by atoms with van der Waals surface area (Å²) in [5, 5.41) is 2.01. The number of hydrogen-bond acceptors (Lipinski definition) is 4. The van der Waals surface area contributed by atoms with Crippen LogP contribution in [0.15, 0.2) is 12.4 Å². The number of aryl methyl sites for hydroxylation is 1. The Morgan fingerprint density at radius 1 is 1.53 bits per heavy atom. The van der Waals surface area contributed by atoms with Gasteiger partial charge in [-0.2, -0.15) is 23.5 Å². The standard InChI is InChI=1S/C12H21N3S2/c1-8-9(2)17-11(7-16-8)10(13)6-12-14-4-5-15(12)3/h4-5,8-11H,6-7,13H2,1-3H3. The van der Waals surface area contributed by atoms with Crippen molar-refractivity contribution in [1.29, 1.82) is 0 Å². The molecule has 2 N–H and O–H groups in total. The van der Waals surface area contributed by atoms with Gasteiger partial charge in [0.25, 0.3) is 0 Å². The summed E-state index contributed by atoms with van der Waals surface area (Å²) >= 11 is 4.10. The van der Waals surface area contributed by atoms with E-state index in [1.165, 1.54) is 5.75 Å². The molecule has 3 nitrogen and oxygen atoms in total. The first-order valence-electron chi connectivity index (χ1n) is 6.06. The number of thioether (sulfide) groups is 2. The molecule has 0 aromatic carbocycles. The lowest BCUT2D eigenvalue weighted by Gasteiger charge is -2.34. The van der Waals surface area contributed by atoms with Crippen LogP contribution in [-0.2, 0) is 13.5 Å². The van der Waals surface area contributed by atoms with Crippen molar-refractivity contribution in [3.8, 4) is 0 Å². The summed E-state index contributed by atoms with van der Waals surface area (Å²) in [7, 11) is 2.03. The van der Waals surface area contributed by atoms with Crippen LogP contribution in [0.2, 0.25) is 0 Å². The highest BCUT2D eigenvalue weighted by molar-refractivity contribution is 8.07. The highest BCUT2D eigenvalue weighted by atomic mass is 32.2. The lowest BCUT2D eigenvalue weighted by molar-refractivity contribution is 0.618. The molecule has 0 aliphatic carbocycles. The first-order valence-corrected chi connectivity index (χ1v) is 8.06. The van der Waals surface area contributed by atoms with E-state index >= 15 is 0 Å². The summed E-state index contributed by atoms with van der Waals surface area (Å²) in [6.07, 6.45) is 4.70. The Labute approximate surface area is 112 Å². The molecule has 0 spiro atoms. The molecule has 0 radical (unpaired) electrons. The van der Waals surface area contributed by atoms with Gasteiger partial charge in [-0.25, -0.2) is 4.98 Å². The van der Waals surface area contributed by atoms with Gasteiger partial charge in [0.05, 0.1) is 0 Å². The third-order valence-corrected chi connectivity index (χ3v) is 6.96. The summed E-state index contributed by atoms with van der Waals surface area (Å²) in [6.45, 7) is 4.62. The molecule has 1 aromatic heterocycles. The van der Waals surface area contributed by atoms with E-state index in [4.69, 9.17) is 5.73 Å². The average Bonchev–Trinajstić information content (AvgIpc) is 2.68. The summed E-state index contributed by atoms with van der Waals surface area (Å²) < 4.78 is 2.06. The molecule has 17 heavy (non-hydrogen) atoms. The van der Waals surface area contributed by atoms with Crippen LogP contribution in [0.5, 0.6) is 0 Å². The molecule has 5 heteroatoms. The second-order valence-corrected chi connectivity index (χ2v) is 7.77. The van der Waals surface area contributed by atoms with Crippen LogP contribution in [0.25, 0.3) is 0 Å². The SMILES string of the molecule is CC1SCC(C(N)Cc2nccn2C)SC1C. The molecule has 0 amide bonds. The zero-order chi connectivity index (χ0) is 12.4. The molecule has 2 heterocycles. The minimum atomic E-state index is 0.212. The second kappa shape index (κ2) is 5.67. The minimum absolute atomic E-state index is 0.212. The maximum atomic E-state index is 6.33. The van der Waals surface area contributed by atoms with Crippen LogP contribution in [0.4, 0.5) is 0 Å². The minimum Gasteiger partial charge on any atom is -0.338 e. The quantitative estimate of drug-likeness (QED) is 0.912. The summed E-state index contributed by atoms with van der Waals surface area (Å²) in [5.41, 5.74) is 6.33. The molecule has 1 aromatic rings. The highest BCUT2D eigenvalue weighted by Crippen LogP contribution is 2.37. The van der Waals surface area contributed by atoms with Gasteiger partial charge in [0.2, 0.25) is 0 Å². The van der Waals surface area contributed by atoms with Crippen molar-refractivity contribution < 1.29 is 0 Å². The van der Waals surface area contributed by atoms with Gasteiger partial charge in [0.15, 0.2) is 0 Å². The summed E-state index contributed by atoms with van der Waals surface area (Å²) in [6, 6.07) is 0.212. The molecule has 1 aliphatic rings. The number of hydrogen-bond donors (Lipinski definition) is 1.